The van der Waals surface area contributed by atoms with Crippen molar-refractivity contribution in [3.05, 3.63) is 35.4 Å². The number of benzene rings is 1. The van der Waals surface area contributed by atoms with Crippen molar-refractivity contribution < 1.29 is 0 Å². The second-order valence-electron chi connectivity index (χ2n) is 6.98. The molecule has 2 nitrogen and oxygen atoms in total. The highest BCUT2D eigenvalue weighted by Crippen LogP contribution is 2.39. The molecule has 0 heterocycles. The lowest BCUT2D eigenvalue weighted by molar-refractivity contribution is 0.0739. The Kier molecular flexibility index (Phi) is 4.66. The molecule has 0 bridgehead atoms. The van der Waals surface area contributed by atoms with Gasteiger partial charge in [0, 0.05) is 24.5 Å². The van der Waals surface area contributed by atoms with Gasteiger partial charge < -0.3 is 5.73 Å². The fourth-order valence-electron chi connectivity index (χ4n) is 4.49. The molecular weight excluding hydrogens is 256 g/mol. The zero-order valence-electron chi connectivity index (χ0n) is 13.5. The van der Waals surface area contributed by atoms with Gasteiger partial charge in [-0.2, -0.15) is 0 Å². The van der Waals surface area contributed by atoms with Crippen LogP contribution in [0.15, 0.2) is 24.3 Å². The molecule has 1 aromatic carbocycles. The second kappa shape index (κ2) is 6.50. The van der Waals surface area contributed by atoms with Crippen LogP contribution in [0, 0.1) is 0 Å². The molecule has 3 rings (SSSR count). The first-order valence-corrected chi connectivity index (χ1v) is 8.82. The molecule has 2 heteroatoms. The lowest BCUT2D eigenvalue weighted by Crippen LogP contribution is -2.55. The Bertz CT molecular complexity index is 460. The number of rotatable bonds is 5. The minimum absolute atomic E-state index is 0.274. The Morgan fingerprint density at radius 2 is 1.86 bits per heavy atom. The van der Waals surface area contributed by atoms with Crippen LogP contribution in [0.4, 0.5) is 0 Å². The summed E-state index contributed by atoms with van der Waals surface area (Å²) in [6, 6.07) is 8.96. The van der Waals surface area contributed by atoms with Crippen LogP contribution in [-0.4, -0.2) is 30.1 Å². The monoisotopic (exact) mass is 286 g/mol. The third-order valence-corrected chi connectivity index (χ3v) is 5.87. The predicted octanol–water partition coefficient (Wildman–Crippen LogP) is 3.70. The van der Waals surface area contributed by atoms with E-state index >= 15 is 0 Å². The highest BCUT2D eigenvalue weighted by atomic mass is 15.2. The van der Waals surface area contributed by atoms with Gasteiger partial charge in [-0.3, -0.25) is 4.90 Å². The zero-order valence-corrected chi connectivity index (χ0v) is 13.5. The van der Waals surface area contributed by atoms with Crippen molar-refractivity contribution >= 4 is 0 Å². The van der Waals surface area contributed by atoms with E-state index in [4.69, 9.17) is 5.73 Å². The molecule has 2 aliphatic rings. The lowest BCUT2D eigenvalue weighted by atomic mass is 9.76. The largest absolute Gasteiger partial charge is 0.329 e. The van der Waals surface area contributed by atoms with Gasteiger partial charge in [0.25, 0.3) is 0 Å². The SMILES string of the molecule is CCN(CC1Cc2ccccc21)C1(CN)CCCCCC1. The van der Waals surface area contributed by atoms with E-state index in [9.17, 15) is 0 Å². The molecule has 1 unspecified atom stereocenters. The first-order chi connectivity index (χ1) is 10.3. The van der Waals surface area contributed by atoms with Crippen molar-refractivity contribution in [1.82, 2.24) is 4.90 Å². The number of nitrogens with two attached hydrogens (primary N) is 1. The second-order valence-corrected chi connectivity index (χ2v) is 6.98. The third kappa shape index (κ3) is 2.89. The summed E-state index contributed by atoms with van der Waals surface area (Å²) in [5, 5.41) is 0. The van der Waals surface area contributed by atoms with Gasteiger partial charge in [0.1, 0.15) is 0 Å². The molecule has 21 heavy (non-hydrogen) atoms. The Labute approximate surface area is 129 Å². The maximum Gasteiger partial charge on any atom is 0.0331 e. The van der Waals surface area contributed by atoms with Gasteiger partial charge in [0.2, 0.25) is 0 Å². The Hall–Kier alpha value is -0.860. The summed E-state index contributed by atoms with van der Waals surface area (Å²) >= 11 is 0. The molecule has 0 amide bonds. The summed E-state index contributed by atoms with van der Waals surface area (Å²) in [4.78, 5) is 2.72. The predicted molar refractivity (Wildman–Crippen MR) is 89.6 cm³/mol. The first kappa shape index (κ1) is 15.1. The lowest BCUT2D eigenvalue weighted by Gasteiger charge is -2.46. The van der Waals surface area contributed by atoms with Gasteiger partial charge in [-0.25, -0.2) is 0 Å². The van der Waals surface area contributed by atoms with E-state index in [0.717, 1.165) is 19.0 Å². The number of hydrogen-bond donors (Lipinski definition) is 1. The standard InChI is InChI=1S/C19H30N2/c1-2-21(19(15-20)11-7-3-4-8-12-19)14-17-13-16-9-5-6-10-18(16)17/h5-6,9-10,17H,2-4,7-8,11-15,20H2,1H3. The first-order valence-electron chi connectivity index (χ1n) is 8.82. The fraction of sp³-hybridized carbons (Fsp3) is 0.684. The molecule has 0 radical (unpaired) electrons. The maximum absolute atomic E-state index is 6.27. The summed E-state index contributed by atoms with van der Waals surface area (Å²) in [5.41, 5.74) is 9.68. The molecule has 0 aliphatic heterocycles. The van der Waals surface area contributed by atoms with Crippen molar-refractivity contribution in [2.75, 3.05) is 19.6 Å². The van der Waals surface area contributed by atoms with E-state index < -0.39 is 0 Å². The van der Waals surface area contributed by atoms with Gasteiger partial charge in [0.05, 0.1) is 0 Å². The van der Waals surface area contributed by atoms with Crippen molar-refractivity contribution in [2.45, 2.75) is 63.3 Å². The van der Waals surface area contributed by atoms with Crippen LogP contribution in [0.3, 0.4) is 0 Å². The maximum atomic E-state index is 6.27. The van der Waals surface area contributed by atoms with Crippen LogP contribution >= 0.6 is 0 Å². The summed E-state index contributed by atoms with van der Waals surface area (Å²) in [7, 11) is 0. The topological polar surface area (TPSA) is 29.3 Å². The van der Waals surface area contributed by atoms with Crippen molar-refractivity contribution in [3.63, 3.8) is 0 Å². The average Bonchev–Trinajstić information content (AvgIpc) is 2.75. The minimum Gasteiger partial charge on any atom is -0.329 e. The summed E-state index contributed by atoms with van der Waals surface area (Å²) in [5.74, 6) is 0.729. The molecule has 0 aromatic heterocycles. The van der Waals surface area contributed by atoms with E-state index in [1.54, 1.807) is 11.1 Å². The zero-order chi connectivity index (χ0) is 14.7. The molecule has 0 spiro atoms. The molecule has 1 saturated carbocycles. The van der Waals surface area contributed by atoms with Crippen molar-refractivity contribution in [2.24, 2.45) is 5.73 Å². The highest BCUT2D eigenvalue weighted by Gasteiger charge is 2.37. The van der Waals surface area contributed by atoms with Crippen LogP contribution in [0.25, 0.3) is 0 Å². The quantitative estimate of drug-likeness (QED) is 0.836. The summed E-state index contributed by atoms with van der Waals surface area (Å²) < 4.78 is 0. The van der Waals surface area contributed by atoms with Crippen molar-refractivity contribution in [1.29, 1.82) is 0 Å². The number of hydrogen-bond acceptors (Lipinski definition) is 2. The molecular formula is C19H30N2. The molecule has 0 saturated heterocycles. The van der Waals surface area contributed by atoms with Gasteiger partial charge in [0.15, 0.2) is 0 Å². The number of nitrogens with zero attached hydrogens (tertiary/aromatic N) is 1. The van der Waals surface area contributed by atoms with Crippen LogP contribution in [0.1, 0.15) is 62.5 Å². The normalized spacial score (nSPS) is 24.2. The molecule has 1 atom stereocenters. The minimum atomic E-state index is 0.274. The van der Waals surface area contributed by atoms with E-state index in [1.165, 1.54) is 51.5 Å². The Morgan fingerprint density at radius 3 is 2.48 bits per heavy atom. The highest BCUT2D eigenvalue weighted by molar-refractivity contribution is 5.40. The Balaban J connectivity index is 1.72. The van der Waals surface area contributed by atoms with Crippen LogP contribution < -0.4 is 5.73 Å². The van der Waals surface area contributed by atoms with Gasteiger partial charge in [-0.05, 0) is 36.9 Å². The summed E-state index contributed by atoms with van der Waals surface area (Å²) in [6.45, 7) is 5.47. The fourth-order valence-corrected chi connectivity index (χ4v) is 4.49. The smallest absolute Gasteiger partial charge is 0.0331 e. The molecule has 2 aliphatic carbocycles. The van der Waals surface area contributed by atoms with Gasteiger partial charge in [-0.1, -0.05) is 56.9 Å². The van der Waals surface area contributed by atoms with Crippen LogP contribution in [0.2, 0.25) is 0 Å². The average molecular weight is 286 g/mol. The van der Waals surface area contributed by atoms with Crippen molar-refractivity contribution in [3.8, 4) is 0 Å². The molecule has 116 valence electrons. The van der Waals surface area contributed by atoms with E-state index in [1.807, 2.05) is 0 Å². The summed E-state index contributed by atoms with van der Waals surface area (Å²) in [6.07, 6.45) is 9.35. The molecule has 1 aromatic rings. The number of fused-ring (bicyclic) bond motifs is 1. The number of likely N-dealkylation sites (N-methyl/N-ethyl adjacent to an activating group) is 1. The Morgan fingerprint density at radius 1 is 1.14 bits per heavy atom. The van der Waals surface area contributed by atoms with Gasteiger partial charge in [-0.15, -0.1) is 0 Å². The molecule has 1 fully saturated rings. The van der Waals surface area contributed by atoms with E-state index in [0.29, 0.717) is 0 Å². The third-order valence-electron chi connectivity index (χ3n) is 5.87. The van der Waals surface area contributed by atoms with Gasteiger partial charge >= 0.3 is 0 Å². The molecule has 2 N–H and O–H groups in total. The van der Waals surface area contributed by atoms with E-state index in [-0.39, 0.29) is 5.54 Å². The van der Waals surface area contributed by atoms with Crippen LogP contribution in [0.5, 0.6) is 0 Å². The van der Waals surface area contributed by atoms with E-state index in [2.05, 4.69) is 36.1 Å². The van der Waals surface area contributed by atoms with Crippen LogP contribution in [-0.2, 0) is 6.42 Å².